The molecule has 0 N–H and O–H groups in total. The maximum atomic E-state index is 12.3. The number of nitrogens with zero attached hydrogens (tertiary/aromatic N) is 1. The number of hydrogen-bond donors (Lipinski definition) is 0. The van der Waals surface area contributed by atoms with E-state index < -0.39 is 6.43 Å². The van der Waals surface area contributed by atoms with E-state index in [1.165, 1.54) is 6.07 Å². The van der Waals surface area contributed by atoms with Crippen molar-refractivity contribution in [3.05, 3.63) is 26.9 Å². The van der Waals surface area contributed by atoms with Gasteiger partial charge in [-0.05, 0) is 22.0 Å². The summed E-state index contributed by atoms with van der Waals surface area (Å²) >= 11 is 14.1. The summed E-state index contributed by atoms with van der Waals surface area (Å²) in [4.78, 5) is 3.72. The van der Waals surface area contributed by atoms with Gasteiger partial charge in [0.15, 0.2) is 0 Å². The van der Waals surface area contributed by atoms with Crippen LogP contribution in [0.1, 0.15) is 17.7 Å². The van der Waals surface area contributed by atoms with Gasteiger partial charge in [0, 0.05) is 4.47 Å². The molecule has 0 saturated carbocycles. The number of hydrogen-bond acceptors (Lipinski definition) is 1. The standard InChI is InChI=1S/C7H4BrCl2F2N/c8-4-1-3(7(11)12)6(10)13-5(4)2-9/h1,7H,2H2. The molecule has 13 heavy (non-hydrogen) atoms. The van der Waals surface area contributed by atoms with Crippen LogP contribution < -0.4 is 0 Å². The molecule has 0 radical (unpaired) electrons. The minimum atomic E-state index is -2.62. The average Bonchev–Trinajstić information content (AvgIpc) is 2.07. The third-order valence-corrected chi connectivity index (χ3v) is 2.63. The number of rotatable bonds is 2. The van der Waals surface area contributed by atoms with E-state index in [0.717, 1.165) is 0 Å². The van der Waals surface area contributed by atoms with Crippen LogP contribution in [0, 0.1) is 0 Å². The molecule has 0 unspecified atom stereocenters. The molecule has 0 spiro atoms. The molecule has 0 fully saturated rings. The summed E-state index contributed by atoms with van der Waals surface area (Å²) in [6, 6.07) is 1.23. The van der Waals surface area contributed by atoms with Crippen molar-refractivity contribution in [3.63, 3.8) is 0 Å². The van der Waals surface area contributed by atoms with Gasteiger partial charge < -0.3 is 0 Å². The lowest BCUT2D eigenvalue weighted by Crippen LogP contribution is -1.94. The summed E-state index contributed by atoms with van der Waals surface area (Å²) in [6.07, 6.45) is -2.62. The average molecular weight is 291 g/mol. The van der Waals surface area contributed by atoms with Crippen molar-refractivity contribution in [1.29, 1.82) is 0 Å². The van der Waals surface area contributed by atoms with E-state index in [1.54, 1.807) is 0 Å². The third kappa shape index (κ3) is 2.51. The molecule has 1 nitrogen and oxygen atoms in total. The quantitative estimate of drug-likeness (QED) is 0.588. The Kier molecular flexibility index (Phi) is 3.88. The molecular weight excluding hydrogens is 287 g/mol. The zero-order chi connectivity index (χ0) is 10.0. The predicted molar refractivity (Wildman–Crippen MR) is 51.5 cm³/mol. The second-order valence-electron chi connectivity index (χ2n) is 2.23. The van der Waals surface area contributed by atoms with Crippen molar-refractivity contribution < 1.29 is 8.78 Å². The first-order valence-electron chi connectivity index (χ1n) is 3.25. The Morgan fingerprint density at radius 2 is 2.15 bits per heavy atom. The van der Waals surface area contributed by atoms with Gasteiger partial charge in [0.1, 0.15) is 5.15 Å². The minimum Gasteiger partial charge on any atom is -0.238 e. The summed E-state index contributed by atoms with van der Waals surface area (Å²) in [7, 11) is 0. The van der Waals surface area contributed by atoms with Crippen molar-refractivity contribution in [3.8, 4) is 0 Å². The molecule has 0 atom stereocenters. The second-order valence-corrected chi connectivity index (χ2v) is 3.71. The highest BCUT2D eigenvalue weighted by Crippen LogP contribution is 2.30. The lowest BCUT2D eigenvalue weighted by Gasteiger charge is -2.05. The smallest absolute Gasteiger partial charge is 0.238 e. The lowest BCUT2D eigenvalue weighted by molar-refractivity contribution is 0.151. The van der Waals surface area contributed by atoms with Crippen LogP contribution >= 0.6 is 39.1 Å². The van der Waals surface area contributed by atoms with Crippen LogP contribution in [0.3, 0.4) is 0 Å². The molecule has 0 aromatic carbocycles. The molecule has 0 saturated heterocycles. The van der Waals surface area contributed by atoms with E-state index in [0.29, 0.717) is 10.2 Å². The van der Waals surface area contributed by atoms with Gasteiger partial charge in [0.25, 0.3) is 6.43 Å². The van der Waals surface area contributed by atoms with Crippen molar-refractivity contribution >= 4 is 39.1 Å². The van der Waals surface area contributed by atoms with Gasteiger partial charge in [-0.3, -0.25) is 0 Å². The summed E-state index contributed by atoms with van der Waals surface area (Å²) in [5.74, 6) is 0.129. The molecule has 0 aliphatic heterocycles. The van der Waals surface area contributed by atoms with Crippen LogP contribution in [0.5, 0.6) is 0 Å². The fraction of sp³-hybridized carbons (Fsp3) is 0.286. The molecule has 1 heterocycles. The van der Waals surface area contributed by atoms with Gasteiger partial charge in [-0.15, -0.1) is 11.6 Å². The molecular formula is C7H4BrCl2F2N. The minimum absolute atomic E-state index is 0.129. The molecule has 0 aliphatic rings. The first kappa shape index (κ1) is 11.1. The number of alkyl halides is 3. The summed E-state index contributed by atoms with van der Waals surface area (Å²) in [5.41, 5.74) is 0.165. The molecule has 1 rings (SSSR count). The Bertz CT molecular complexity index is 320. The zero-order valence-electron chi connectivity index (χ0n) is 6.20. The monoisotopic (exact) mass is 289 g/mol. The van der Waals surface area contributed by atoms with E-state index in [2.05, 4.69) is 20.9 Å². The van der Waals surface area contributed by atoms with Crippen molar-refractivity contribution in [2.75, 3.05) is 0 Å². The van der Waals surface area contributed by atoms with E-state index in [1.807, 2.05) is 0 Å². The molecule has 0 bridgehead atoms. The van der Waals surface area contributed by atoms with Gasteiger partial charge in [-0.25, -0.2) is 13.8 Å². The van der Waals surface area contributed by atoms with Gasteiger partial charge >= 0.3 is 0 Å². The van der Waals surface area contributed by atoms with E-state index >= 15 is 0 Å². The van der Waals surface area contributed by atoms with Crippen LogP contribution in [0.4, 0.5) is 8.78 Å². The summed E-state index contributed by atoms with van der Waals surface area (Å²) in [6.45, 7) is 0. The summed E-state index contributed by atoms with van der Waals surface area (Å²) < 4.78 is 25.0. The molecule has 0 aliphatic carbocycles. The second kappa shape index (κ2) is 4.53. The van der Waals surface area contributed by atoms with Gasteiger partial charge in [0.05, 0.1) is 17.1 Å². The first-order chi connectivity index (χ1) is 6.06. The van der Waals surface area contributed by atoms with Gasteiger partial charge in [-0.2, -0.15) is 0 Å². The van der Waals surface area contributed by atoms with Crippen LogP contribution in [-0.2, 0) is 5.88 Å². The van der Waals surface area contributed by atoms with Crippen molar-refractivity contribution in [2.45, 2.75) is 12.3 Å². The largest absolute Gasteiger partial charge is 0.266 e. The fourth-order valence-electron chi connectivity index (χ4n) is 0.763. The third-order valence-electron chi connectivity index (χ3n) is 1.39. The fourth-order valence-corrected chi connectivity index (χ4v) is 1.84. The van der Waals surface area contributed by atoms with Crippen LogP contribution in [0.25, 0.3) is 0 Å². The zero-order valence-corrected chi connectivity index (χ0v) is 9.30. The van der Waals surface area contributed by atoms with E-state index in [9.17, 15) is 8.78 Å². The highest BCUT2D eigenvalue weighted by Gasteiger charge is 2.15. The molecule has 1 aromatic heterocycles. The molecule has 6 heteroatoms. The van der Waals surface area contributed by atoms with Gasteiger partial charge in [-0.1, -0.05) is 11.6 Å². The first-order valence-corrected chi connectivity index (χ1v) is 4.95. The predicted octanol–water partition coefficient (Wildman–Crippen LogP) is 4.17. The van der Waals surface area contributed by atoms with E-state index in [-0.39, 0.29) is 16.6 Å². The topological polar surface area (TPSA) is 12.9 Å². The SMILES string of the molecule is FC(F)c1cc(Br)c(CCl)nc1Cl. The highest BCUT2D eigenvalue weighted by atomic mass is 79.9. The molecule has 72 valence electrons. The number of pyridine rings is 1. The Morgan fingerprint density at radius 3 is 2.62 bits per heavy atom. The Labute approximate surface area is 92.2 Å². The molecule has 1 aromatic rings. The van der Waals surface area contributed by atoms with Crippen molar-refractivity contribution in [1.82, 2.24) is 4.98 Å². The summed E-state index contributed by atoms with van der Waals surface area (Å²) in [5, 5.41) is -0.200. The Balaban J connectivity index is 3.20. The highest BCUT2D eigenvalue weighted by molar-refractivity contribution is 9.10. The maximum absolute atomic E-state index is 12.3. The number of halogens is 5. The Morgan fingerprint density at radius 1 is 1.54 bits per heavy atom. The maximum Gasteiger partial charge on any atom is 0.266 e. The van der Waals surface area contributed by atoms with E-state index in [4.69, 9.17) is 23.2 Å². The Hall–Kier alpha value is 0.0700. The van der Waals surface area contributed by atoms with Crippen LogP contribution in [0.2, 0.25) is 5.15 Å². The number of aromatic nitrogens is 1. The van der Waals surface area contributed by atoms with Crippen LogP contribution in [-0.4, -0.2) is 4.98 Å². The van der Waals surface area contributed by atoms with Crippen LogP contribution in [0.15, 0.2) is 10.5 Å². The normalized spacial score (nSPS) is 10.9. The van der Waals surface area contributed by atoms with Gasteiger partial charge in [0.2, 0.25) is 0 Å². The molecule has 0 amide bonds. The lowest BCUT2D eigenvalue weighted by atomic mass is 10.2. The van der Waals surface area contributed by atoms with Crippen molar-refractivity contribution in [2.24, 2.45) is 0 Å².